The normalized spacial score (nSPS) is 10.9. The SMILES string of the molecule is CCn1c(CNc2ccc(Cl)nc2)nc2ccccc21. The zero-order chi connectivity index (χ0) is 13.9. The van der Waals surface area contributed by atoms with E-state index < -0.39 is 0 Å². The molecule has 0 bridgehead atoms. The van der Waals surface area contributed by atoms with E-state index in [9.17, 15) is 0 Å². The highest BCUT2D eigenvalue weighted by Gasteiger charge is 2.08. The molecular formula is C15H15ClN4. The fourth-order valence-corrected chi connectivity index (χ4v) is 2.39. The summed E-state index contributed by atoms with van der Waals surface area (Å²) in [5, 5.41) is 3.82. The third-order valence-corrected chi connectivity index (χ3v) is 3.45. The molecule has 20 heavy (non-hydrogen) atoms. The molecule has 2 aromatic heterocycles. The van der Waals surface area contributed by atoms with Crippen LogP contribution in [0.25, 0.3) is 11.0 Å². The molecule has 0 fully saturated rings. The minimum atomic E-state index is 0.497. The number of nitrogens with zero attached hydrogens (tertiary/aromatic N) is 3. The molecule has 3 rings (SSSR count). The van der Waals surface area contributed by atoms with Crippen LogP contribution in [0.1, 0.15) is 12.7 Å². The lowest BCUT2D eigenvalue weighted by Gasteiger charge is -2.08. The number of pyridine rings is 1. The number of benzene rings is 1. The average molecular weight is 287 g/mol. The number of imidazole rings is 1. The van der Waals surface area contributed by atoms with Crippen LogP contribution < -0.4 is 5.32 Å². The van der Waals surface area contributed by atoms with Crippen molar-refractivity contribution in [1.82, 2.24) is 14.5 Å². The molecule has 0 aliphatic rings. The molecule has 0 spiro atoms. The third kappa shape index (κ3) is 2.47. The lowest BCUT2D eigenvalue weighted by Crippen LogP contribution is -2.08. The van der Waals surface area contributed by atoms with Crippen LogP contribution in [0.5, 0.6) is 0 Å². The predicted molar refractivity (Wildman–Crippen MR) is 82.0 cm³/mol. The smallest absolute Gasteiger partial charge is 0.129 e. The molecule has 0 saturated carbocycles. The summed E-state index contributed by atoms with van der Waals surface area (Å²) in [5.74, 6) is 1.02. The summed E-state index contributed by atoms with van der Waals surface area (Å²) in [7, 11) is 0. The first kappa shape index (κ1) is 12.9. The highest BCUT2D eigenvalue weighted by Crippen LogP contribution is 2.17. The number of fused-ring (bicyclic) bond motifs is 1. The fraction of sp³-hybridized carbons (Fsp3) is 0.200. The Balaban J connectivity index is 1.85. The summed E-state index contributed by atoms with van der Waals surface area (Å²) in [6.45, 7) is 3.68. The van der Waals surface area contributed by atoms with E-state index >= 15 is 0 Å². The lowest BCUT2D eigenvalue weighted by atomic mass is 10.3. The van der Waals surface area contributed by atoms with Gasteiger partial charge in [-0.3, -0.25) is 0 Å². The number of nitrogens with one attached hydrogen (secondary N) is 1. The third-order valence-electron chi connectivity index (χ3n) is 3.23. The first-order chi connectivity index (χ1) is 9.78. The molecule has 0 aliphatic carbocycles. The summed E-state index contributed by atoms with van der Waals surface area (Å²) < 4.78 is 2.21. The summed E-state index contributed by atoms with van der Waals surface area (Å²) in [4.78, 5) is 8.72. The van der Waals surface area contributed by atoms with Gasteiger partial charge in [-0.2, -0.15) is 0 Å². The van der Waals surface area contributed by atoms with Crippen molar-refractivity contribution >= 4 is 28.3 Å². The number of aromatic nitrogens is 3. The molecular weight excluding hydrogens is 272 g/mol. The molecule has 5 heteroatoms. The van der Waals surface area contributed by atoms with Gasteiger partial charge in [0.1, 0.15) is 11.0 Å². The van der Waals surface area contributed by atoms with E-state index in [1.165, 1.54) is 5.52 Å². The van der Waals surface area contributed by atoms with Gasteiger partial charge in [-0.15, -0.1) is 0 Å². The van der Waals surface area contributed by atoms with Crippen molar-refractivity contribution in [3.05, 3.63) is 53.6 Å². The highest BCUT2D eigenvalue weighted by molar-refractivity contribution is 6.29. The van der Waals surface area contributed by atoms with Gasteiger partial charge in [-0.25, -0.2) is 9.97 Å². The van der Waals surface area contributed by atoms with Crippen LogP contribution in [0.3, 0.4) is 0 Å². The largest absolute Gasteiger partial charge is 0.377 e. The van der Waals surface area contributed by atoms with E-state index in [0.29, 0.717) is 11.7 Å². The molecule has 1 N–H and O–H groups in total. The zero-order valence-corrected chi connectivity index (χ0v) is 11.9. The first-order valence-electron chi connectivity index (χ1n) is 6.57. The maximum atomic E-state index is 5.77. The van der Waals surface area contributed by atoms with E-state index in [0.717, 1.165) is 23.6 Å². The number of halogens is 1. The number of para-hydroxylation sites is 2. The second-order valence-electron chi connectivity index (χ2n) is 4.48. The molecule has 0 aliphatic heterocycles. The van der Waals surface area contributed by atoms with Crippen molar-refractivity contribution < 1.29 is 0 Å². The average Bonchev–Trinajstić information content (AvgIpc) is 2.84. The molecule has 0 unspecified atom stereocenters. The summed E-state index contributed by atoms with van der Waals surface area (Å²) in [6.07, 6.45) is 1.72. The second-order valence-corrected chi connectivity index (χ2v) is 4.87. The monoisotopic (exact) mass is 286 g/mol. The maximum absolute atomic E-state index is 5.77. The Morgan fingerprint density at radius 1 is 1.20 bits per heavy atom. The van der Waals surface area contributed by atoms with Crippen LogP contribution in [0.15, 0.2) is 42.6 Å². The number of rotatable bonds is 4. The zero-order valence-electron chi connectivity index (χ0n) is 11.2. The maximum Gasteiger partial charge on any atom is 0.129 e. The summed E-state index contributed by atoms with van der Waals surface area (Å²) >= 11 is 5.77. The standard InChI is InChI=1S/C15H15ClN4/c1-2-20-13-6-4-3-5-12(13)19-15(20)10-17-11-7-8-14(16)18-9-11/h3-9,17H,2,10H2,1H3. The Hall–Kier alpha value is -2.07. The Morgan fingerprint density at radius 2 is 2.05 bits per heavy atom. The second kappa shape index (κ2) is 5.51. The summed E-state index contributed by atoms with van der Waals surface area (Å²) in [6, 6.07) is 11.9. The van der Waals surface area contributed by atoms with Gasteiger partial charge in [0.15, 0.2) is 0 Å². The first-order valence-corrected chi connectivity index (χ1v) is 6.95. The van der Waals surface area contributed by atoms with Crippen LogP contribution in [-0.2, 0) is 13.1 Å². The van der Waals surface area contributed by atoms with Crippen molar-refractivity contribution in [2.24, 2.45) is 0 Å². The van der Waals surface area contributed by atoms with E-state index in [1.807, 2.05) is 24.3 Å². The van der Waals surface area contributed by atoms with Gasteiger partial charge in [0.25, 0.3) is 0 Å². The summed E-state index contributed by atoms with van der Waals surface area (Å²) in [5.41, 5.74) is 3.13. The topological polar surface area (TPSA) is 42.7 Å². The number of hydrogen-bond donors (Lipinski definition) is 1. The van der Waals surface area contributed by atoms with Crippen LogP contribution in [0.2, 0.25) is 5.15 Å². The highest BCUT2D eigenvalue weighted by atomic mass is 35.5. The molecule has 0 saturated heterocycles. The number of aryl methyl sites for hydroxylation is 1. The Kier molecular flexibility index (Phi) is 3.56. The van der Waals surface area contributed by atoms with E-state index in [2.05, 4.69) is 32.8 Å². The lowest BCUT2D eigenvalue weighted by molar-refractivity contribution is 0.729. The van der Waals surface area contributed by atoms with Gasteiger partial charge < -0.3 is 9.88 Å². The molecule has 4 nitrogen and oxygen atoms in total. The minimum Gasteiger partial charge on any atom is -0.377 e. The molecule has 2 heterocycles. The van der Waals surface area contributed by atoms with Crippen molar-refractivity contribution in [1.29, 1.82) is 0 Å². The molecule has 0 atom stereocenters. The van der Waals surface area contributed by atoms with Crippen LogP contribution in [0.4, 0.5) is 5.69 Å². The molecule has 3 aromatic rings. The van der Waals surface area contributed by atoms with Gasteiger partial charge >= 0.3 is 0 Å². The van der Waals surface area contributed by atoms with Gasteiger partial charge in [-0.05, 0) is 31.2 Å². The number of anilines is 1. The van der Waals surface area contributed by atoms with E-state index in [1.54, 1.807) is 12.3 Å². The van der Waals surface area contributed by atoms with E-state index in [4.69, 9.17) is 11.6 Å². The molecule has 0 amide bonds. The molecule has 1 aromatic carbocycles. The van der Waals surface area contributed by atoms with Crippen LogP contribution in [0, 0.1) is 0 Å². The Bertz CT molecular complexity index is 718. The molecule has 0 radical (unpaired) electrons. The Morgan fingerprint density at radius 3 is 2.80 bits per heavy atom. The minimum absolute atomic E-state index is 0.497. The van der Waals surface area contributed by atoms with Crippen LogP contribution >= 0.6 is 11.6 Å². The fourth-order valence-electron chi connectivity index (χ4n) is 2.27. The van der Waals surface area contributed by atoms with Crippen molar-refractivity contribution in [3.8, 4) is 0 Å². The quantitative estimate of drug-likeness (QED) is 0.743. The van der Waals surface area contributed by atoms with Crippen molar-refractivity contribution in [3.63, 3.8) is 0 Å². The van der Waals surface area contributed by atoms with Gasteiger partial charge in [0.2, 0.25) is 0 Å². The van der Waals surface area contributed by atoms with Gasteiger partial charge in [0.05, 0.1) is 29.5 Å². The van der Waals surface area contributed by atoms with Crippen molar-refractivity contribution in [2.45, 2.75) is 20.0 Å². The molecule has 102 valence electrons. The van der Waals surface area contributed by atoms with Crippen molar-refractivity contribution in [2.75, 3.05) is 5.32 Å². The Labute approximate surface area is 122 Å². The van der Waals surface area contributed by atoms with Gasteiger partial charge in [0, 0.05) is 6.54 Å². The number of hydrogen-bond acceptors (Lipinski definition) is 3. The predicted octanol–water partition coefficient (Wildman–Crippen LogP) is 3.72. The van der Waals surface area contributed by atoms with Crippen LogP contribution in [-0.4, -0.2) is 14.5 Å². The van der Waals surface area contributed by atoms with E-state index in [-0.39, 0.29) is 0 Å². The van der Waals surface area contributed by atoms with Gasteiger partial charge in [-0.1, -0.05) is 23.7 Å².